The SMILES string of the molecule is CC1(C)COC(=O)C(CC(=O)OC(C)(C)C)C1. The van der Waals surface area contributed by atoms with Gasteiger partial charge in [-0.2, -0.15) is 0 Å². The molecule has 0 amide bonds. The highest BCUT2D eigenvalue weighted by molar-refractivity contribution is 5.80. The summed E-state index contributed by atoms with van der Waals surface area (Å²) in [4.78, 5) is 23.2. The van der Waals surface area contributed by atoms with Gasteiger partial charge in [0.25, 0.3) is 0 Å². The summed E-state index contributed by atoms with van der Waals surface area (Å²) in [5.41, 5.74) is -0.564. The maximum atomic E-state index is 11.7. The minimum absolute atomic E-state index is 0.0550. The van der Waals surface area contributed by atoms with Crippen molar-refractivity contribution in [1.82, 2.24) is 0 Å². The molecule has 0 N–H and O–H groups in total. The second-order valence-corrected chi connectivity index (χ2v) is 6.46. The summed E-state index contributed by atoms with van der Waals surface area (Å²) in [5, 5.41) is 0. The summed E-state index contributed by atoms with van der Waals surface area (Å²) in [6.45, 7) is 9.93. The molecule has 1 rings (SSSR count). The van der Waals surface area contributed by atoms with Crippen molar-refractivity contribution >= 4 is 11.9 Å². The third-order valence-electron chi connectivity index (χ3n) is 2.57. The van der Waals surface area contributed by atoms with Crippen molar-refractivity contribution in [3.05, 3.63) is 0 Å². The average molecular weight is 242 g/mol. The van der Waals surface area contributed by atoms with Gasteiger partial charge in [0.15, 0.2) is 0 Å². The van der Waals surface area contributed by atoms with Gasteiger partial charge in [-0.3, -0.25) is 9.59 Å². The van der Waals surface area contributed by atoms with Crippen LogP contribution >= 0.6 is 0 Å². The van der Waals surface area contributed by atoms with E-state index in [0.717, 1.165) is 0 Å². The Bertz CT molecular complexity index is 312. The van der Waals surface area contributed by atoms with E-state index in [9.17, 15) is 9.59 Å². The molecular weight excluding hydrogens is 220 g/mol. The van der Waals surface area contributed by atoms with Crippen LogP contribution in [0.1, 0.15) is 47.5 Å². The largest absolute Gasteiger partial charge is 0.465 e. The first-order valence-electron chi connectivity index (χ1n) is 5.98. The van der Waals surface area contributed by atoms with E-state index in [-0.39, 0.29) is 29.7 Å². The first-order chi connectivity index (χ1) is 7.59. The zero-order valence-electron chi connectivity index (χ0n) is 11.3. The Kier molecular flexibility index (Phi) is 3.84. The van der Waals surface area contributed by atoms with Gasteiger partial charge < -0.3 is 9.47 Å². The lowest BCUT2D eigenvalue weighted by Gasteiger charge is -2.33. The summed E-state index contributed by atoms with van der Waals surface area (Å²) < 4.78 is 10.3. The fourth-order valence-electron chi connectivity index (χ4n) is 1.93. The number of cyclic esters (lactones) is 1. The number of carbonyl (C=O) groups is 2. The lowest BCUT2D eigenvalue weighted by atomic mass is 9.80. The first-order valence-corrected chi connectivity index (χ1v) is 5.98. The summed E-state index contributed by atoms with van der Waals surface area (Å²) in [6, 6.07) is 0. The Hall–Kier alpha value is -1.06. The molecule has 98 valence electrons. The molecule has 1 fully saturated rings. The van der Waals surface area contributed by atoms with E-state index in [2.05, 4.69) is 0 Å². The molecule has 0 radical (unpaired) electrons. The van der Waals surface area contributed by atoms with Crippen LogP contribution in [0.25, 0.3) is 0 Å². The van der Waals surface area contributed by atoms with Crippen LogP contribution in [0.2, 0.25) is 0 Å². The van der Waals surface area contributed by atoms with Gasteiger partial charge in [0, 0.05) is 0 Å². The van der Waals surface area contributed by atoms with Crippen molar-refractivity contribution in [1.29, 1.82) is 0 Å². The van der Waals surface area contributed by atoms with Gasteiger partial charge in [-0.1, -0.05) is 13.8 Å². The van der Waals surface area contributed by atoms with Gasteiger partial charge in [-0.25, -0.2) is 0 Å². The fourth-order valence-corrected chi connectivity index (χ4v) is 1.93. The van der Waals surface area contributed by atoms with Crippen molar-refractivity contribution < 1.29 is 19.1 Å². The Labute approximate surface area is 103 Å². The van der Waals surface area contributed by atoms with Crippen LogP contribution in [0.3, 0.4) is 0 Å². The predicted octanol–water partition coefficient (Wildman–Crippen LogP) is 2.31. The molecule has 1 aliphatic heterocycles. The Morgan fingerprint density at radius 2 is 2.06 bits per heavy atom. The van der Waals surface area contributed by atoms with Gasteiger partial charge in [-0.05, 0) is 32.6 Å². The third kappa shape index (κ3) is 4.75. The zero-order chi connectivity index (χ0) is 13.3. The fraction of sp³-hybridized carbons (Fsp3) is 0.846. The van der Waals surface area contributed by atoms with E-state index in [1.807, 2.05) is 34.6 Å². The van der Waals surface area contributed by atoms with E-state index in [0.29, 0.717) is 13.0 Å². The van der Waals surface area contributed by atoms with Crippen molar-refractivity contribution in [3.63, 3.8) is 0 Å². The lowest BCUT2D eigenvalue weighted by molar-refractivity contribution is -0.168. The van der Waals surface area contributed by atoms with Gasteiger partial charge in [0.2, 0.25) is 0 Å². The van der Waals surface area contributed by atoms with Crippen LogP contribution in [0, 0.1) is 11.3 Å². The Morgan fingerprint density at radius 3 is 2.59 bits per heavy atom. The van der Waals surface area contributed by atoms with Crippen molar-refractivity contribution in [2.24, 2.45) is 11.3 Å². The summed E-state index contributed by atoms with van der Waals surface area (Å²) in [7, 11) is 0. The molecule has 1 saturated heterocycles. The molecule has 4 heteroatoms. The number of hydrogen-bond donors (Lipinski definition) is 0. The monoisotopic (exact) mass is 242 g/mol. The molecule has 0 aromatic carbocycles. The topological polar surface area (TPSA) is 52.6 Å². The molecule has 0 saturated carbocycles. The number of carbonyl (C=O) groups excluding carboxylic acids is 2. The zero-order valence-corrected chi connectivity index (χ0v) is 11.3. The second-order valence-electron chi connectivity index (χ2n) is 6.46. The minimum atomic E-state index is -0.509. The summed E-state index contributed by atoms with van der Waals surface area (Å²) in [6.07, 6.45) is 0.782. The molecule has 1 atom stereocenters. The third-order valence-corrected chi connectivity index (χ3v) is 2.57. The Balaban J connectivity index is 2.55. The van der Waals surface area contributed by atoms with E-state index in [4.69, 9.17) is 9.47 Å². The highest BCUT2D eigenvalue weighted by Crippen LogP contribution is 2.33. The number of esters is 2. The van der Waals surface area contributed by atoms with E-state index >= 15 is 0 Å². The van der Waals surface area contributed by atoms with Crippen LogP contribution in [0.5, 0.6) is 0 Å². The molecule has 0 bridgehead atoms. The van der Waals surface area contributed by atoms with Crippen LogP contribution in [-0.4, -0.2) is 24.1 Å². The standard InChI is InChI=1S/C13H22O4/c1-12(2,3)17-10(14)6-9-7-13(4,5)8-16-11(9)15/h9H,6-8H2,1-5H3. The molecule has 0 spiro atoms. The summed E-state index contributed by atoms with van der Waals surface area (Å²) >= 11 is 0. The quantitative estimate of drug-likeness (QED) is 0.697. The number of hydrogen-bond acceptors (Lipinski definition) is 4. The smallest absolute Gasteiger partial charge is 0.309 e. The molecule has 1 unspecified atom stereocenters. The summed E-state index contributed by atoms with van der Waals surface area (Å²) in [5.74, 6) is -0.985. The molecule has 4 nitrogen and oxygen atoms in total. The second kappa shape index (κ2) is 4.67. The maximum Gasteiger partial charge on any atom is 0.309 e. The van der Waals surface area contributed by atoms with E-state index in [1.165, 1.54) is 0 Å². The normalized spacial score (nSPS) is 24.1. The van der Waals surface area contributed by atoms with Gasteiger partial charge in [0.05, 0.1) is 18.9 Å². The molecule has 1 heterocycles. The lowest BCUT2D eigenvalue weighted by Crippen LogP contribution is -2.37. The van der Waals surface area contributed by atoms with Crippen molar-refractivity contribution in [2.45, 2.75) is 53.1 Å². The first kappa shape index (κ1) is 14.0. The average Bonchev–Trinajstić information content (AvgIpc) is 2.07. The molecule has 1 aliphatic rings. The molecule has 0 aromatic heterocycles. The van der Waals surface area contributed by atoms with Gasteiger partial charge in [-0.15, -0.1) is 0 Å². The number of ether oxygens (including phenoxy) is 2. The highest BCUT2D eigenvalue weighted by atomic mass is 16.6. The molecule has 0 aromatic rings. The predicted molar refractivity (Wildman–Crippen MR) is 63.3 cm³/mol. The van der Waals surface area contributed by atoms with E-state index in [1.54, 1.807) is 0 Å². The van der Waals surface area contributed by atoms with Gasteiger partial charge >= 0.3 is 11.9 Å². The molecule has 0 aliphatic carbocycles. The van der Waals surface area contributed by atoms with Crippen molar-refractivity contribution in [2.75, 3.05) is 6.61 Å². The molecular formula is C13H22O4. The minimum Gasteiger partial charge on any atom is -0.465 e. The van der Waals surface area contributed by atoms with Crippen LogP contribution in [-0.2, 0) is 19.1 Å². The Morgan fingerprint density at radius 1 is 1.47 bits per heavy atom. The van der Waals surface area contributed by atoms with E-state index < -0.39 is 5.60 Å². The highest BCUT2D eigenvalue weighted by Gasteiger charge is 2.37. The number of rotatable bonds is 2. The van der Waals surface area contributed by atoms with Crippen LogP contribution < -0.4 is 0 Å². The van der Waals surface area contributed by atoms with Crippen molar-refractivity contribution in [3.8, 4) is 0 Å². The van der Waals surface area contributed by atoms with Gasteiger partial charge in [0.1, 0.15) is 5.60 Å². The molecule has 17 heavy (non-hydrogen) atoms. The van der Waals surface area contributed by atoms with Crippen LogP contribution in [0.15, 0.2) is 0 Å². The van der Waals surface area contributed by atoms with Crippen LogP contribution in [0.4, 0.5) is 0 Å². The maximum absolute atomic E-state index is 11.7.